The molecule has 0 amide bonds. The third-order valence-electron chi connectivity index (χ3n) is 4.37. The van der Waals surface area contributed by atoms with Gasteiger partial charge in [0.05, 0.1) is 11.3 Å². The number of carbonyl (C=O) groups excluding carboxylic acids is 1. The molecule has 2 aliphatic heterocycles. The van der Waals surface area contributed by atoms with Gasteiger partial charge in [-0.25, -0.2) is 0 Å². The number of hydrogen-bond acceptors (Lipinski definition) is 5. The van der Waals surface area contributed by atoms with Crippen molar-refractivity contribution in [3.8, 4) is 0 Å². The molecule has 2 aliphatic rings. The summed E-state index contributed by atoms with van der Waals surface area (Å²) in [6, 6.07) is 1.25. The normalized spacial score (nSPS) is 27.3. The number of nitrogens with one attached hydrogen (secondary N) is 1. The molecule has 19 heavy (non-hydrogen) atoms. The fourth-order valence-corrected chi connectivity index (χ4v) is 4.35. The van der Waals surface area contributed by atoms with E-state index in [0.29, 0.717) is 6.04 Å². The number of hydrogen-bond donors (Lipinski definition) is 1. The second-order valence-corrected chi connectivity index (χ2v) is 6.50. The van der Waals surface area contributed by atoms with Crippen molar-refractivity contribution in [1.82, 2.24) is 9.27 Å². The van der Waals surface area contributed by atoms with E-state index in [1.807, 2.05) is 6.92 Å². The molecule has 0 spiro atoms. The first-order valence-electron chi connectivity index (χ1n) is 7.13. The highest BCUT2D eigenvalue weighted by Gasteiger charge is 2.32. The summed E-state index contributed by atoms with van der Waals surface area (Å²) in [4.78, 5) is 14.3. The maximum Gasteiger partial charge on any atom is 0.164 e. The molecule has 1 N–H and O–H groups in total. The SMILES string of the molecule is CC(=O)c1c(C)nsc1NC1CCN2CCCC2C1. The van der Waals surface area contributed by atoms with Crippen molar-refractivity contribution in [2.45, 2.75) is 51.6 Å². The van der Waals surface area contributed by atoms with E-state index in [1.54, 1.807) is 6.92 Å². The van der Waals surface area contributed by atoms with Crippen molar-refractivity contribution in [1.29, 1.82) is 0 Å². The smallest absolute Gasteiger partial charge is 0.164 e. The van der Waals surface area contributed by atoms with Gasteiger partial charge in [0.15, 0.2) is 5.78 Å². The van der Waals surface area contributed by atoms with Crippen LogP contribution in [0.25, 0.3) is 0 Å². The van der Waals surface area contributed by atoms with Crippen LogP contribution in [0, 0.1) is 6.92 Å². The van der Waals surface area contributed by atoms with Gasteiger partial charge in [0, 0.05) is 18.6 Å². The predicted octanol–water partition coefficient (Wildman–Crippen LogP) is 2.69. The summed E-state index contributed by atoms with van der Waals surface area (Å²) in [5.41, 5.74) is 1.65. The monoisotopic (exact) mass is 279 g/mol. The Morgan fingerprint density at radius 1 is 1.42 bits per heavy atom. The van der Waals surface area contributed by atoms with Crippen LogP contribution in [-0.4, -0.2) is 40.2 Å². The van der Waals surface area contributed by atoms with E-state index >= 15 is 0 Å². The van der Waals surface area contributed by atoms with Crippen LogP contribution in [-0.2, 0) is 0 Å². The molecule has 0 aromatic carbocycles. The summed E-state index contributed by atoms with van der Waals surface area (Å²) < 4.78 is 4.32. The van der Waals surface area contributed by atoms with E-state index in [9.17, 15) is 4.79 Å². The van der Waals surface area contributed by atoms with Crippen molar-refractivity contribution in [2.75, 3.05) is 18.4 Å². The average molecular weight is 279 g/mol. The number of piperidine rings is 1. The van der Waals surface area contributed by atoms with Crippen molar-refractivity contribution in [3.63, 3.8) is 0 Å². The molecule has 2 atom stereocenters. The Hall–Kier alpha value is -0.940. The lowest BCUT2D eigenvalue weighted by atomic mass is 9.97. The van der Waals surface area contributed by atoms with Gasteiger partial charge < -0.3 is 10.2 Å². The van der Waals surface area contributed by atoms with Crippen LogP contribution in [0.2, 0.25) is 0 Å². The number of aromatic nitrogens is 1. The highest BCUT2D eigenvalue weighted by atomic mass is 32.1. The first-order chi connectivity index (χ1) is 9.15. The van der Waals surface area contributed by atoms with Crippen molar-refractivity contribution in [3.05, 3.63) is 11.3 Å². The zero-order chi connectivity index (χ0) is 13.4. The number of nitrogens with zero attached hydrogens (tertiary/aromatic N) is 2. The molecule has 104 valence electrons. The third kappa shape index (κ3) is 2.54. The topological polar surface area (TPSA) is 45.2 Å². The maximum atomic E-state index is 11.7. The van der Waals surface area contributed by atoms with Crippen LogP contribution < -0.4 is 5.32 Å². The minimum atomic E-state index is 0.118. The fraction of sp³-hybridized carbons (Fsp3) is 0.714. The summed E-state index contributed by atoms with van der Waals surface area (Å²) in [6.07, 6.45) is 5.05. The van der Waals surface area contributed by atoms with Crippen molar-refractivity contribution in [2.24, 2.45) is 0 Å². The van der Waals surface area contributed by atoms with E-state index in [2.05, 4.69) is 14.6 Å². The quantitative estimate of drug-likeness (QED) is 0.864. The number of aryl methyl sites for hydroxylation is 1. The Labute approximate surface area is 118 Å². The highest BCUT2D eigenvalue weighted by molar-refractivity contribution is 7.10. The minimum absolute atomic E-state index is 0.118. The standard InChI is InChI=1S/C14H21N3OS/c1-9-13(10(2)18)14(19-16-9)15-11-5-7-17-6-3-4-12(17)8-11/h11-12,15H,3-8H2,1-2H3. The van der Waals surface area contributed by atoms with Gasteiger partial charge in [0.2, 0.25) is 0 Å². The Kier molecular flexibility index (Phi) is 3.58. The molecule has 3 rings (SSSR count). The summed E-state index contributed by atoms with van der Waals surface area (Å²) >= 11 is 1.43. The van der Waals surface area contributed by atoms with Gasteiger partial charge in [-0.15, -0.1) is 0 Å². The molecule has 1 aromatic rings. The van der Waals surface area contributed by atoms with Gasteiger partial charge in [-0.3, -0.25) is 4.79 Å². The first kappa shape index (κ1) is 13.1. The molecule has 2 unspecified atom stereocenters. The molecule has 1 aromatic heterocycles. The van der Waals surface area contributed by atoms with Crippen LogP contribution in [0.15, 0.2) is 0 Å². The van der Waals surface area contributed by atoms with Gasteiger partial charge >= 0.3 is 0 Å². The Bertz CT molecular complexity index is 485. The fourth-order valence-electron chi connectivity index (χ4n) is 3.42. The number of carbonyl (C=O) groups is 1. The van der Waals surface area contributed by atoms with E-state index < -0.39 is 0 Å². The largest absolute Gasteiger partial charge is 0.372 e. The molecule has 2 fully saturated rings. The maximum absolute atomic E-state index is 11.7. The lowest BCUT2D eigenvalue weighted by molar-refractivity contribution is 0.101. The Morgan fingerprint density at radius 2 is 2.26 bits per heavy atom. The molecule has 0 saturated carbocycles. The molecule has 2 saturated heterocycles. The van der Waals surface area contributed by atoms with E-state index in [-0.39, 0.29) is 5.78 Å². The first-order valence-corrected chi connectivity index (χ1v) is 7.90. The molecule has 4 nitrogen and oxygen atoms in total. The number of Topliss-reactive ketones (excluding diaryl/α,β-unsaturated/α-hetero) is 1. The second-order valence-electron chi connectivity index (χ2n) is 5.73. The number of fused-ring (bicyclic) bond motifs is 1. The van der Waals surface area contributed by atoms with Crippen LogP contribution in [0.3, 0.4) is 0 Å². The summed E-state index contributed by atoms with van der Waals surface area (Å²) in [5.74, 6) is 0.118. The van der Waals surface area contributed by atoms with E-state index in [4.69, 9.17) is 0 Å². The predicted molar refractivity (Wildman–Crippen MR) is 78.1 cm³/mol. The second kappa shape index (κ2) is 5.21. The lowest BCUT2D eigenvalue weighted by Crippen LogP contribution is -2.42. The average Bonchev–Trinajstić information content (AvgIpc) is 2.95. The third-order valence-corrected chi connectivity index (χ3v) is 5.24. The molecule has 5 heteroatoms. The van der Waals surface area contributed by atoms with Crippen LogP contribution in [0.1, 0.15) is 48.7 Å². The number of anilines is 1. The van der Waals surface area contributed by atoms with Crippen LogP contribution in [0.4, 0.5) is 5.00 Å². The van der Waals surface area contributed by atoms with E-state index in [0.717, 1.165) is 22.3 Å². The van der Waals surface area contributed by atoms with Crippen molar-refractivity contribution < 1.29 is 4.79 Å². The van der Waals surface area contributed by atoms with Crippen LogP contribution >= 0.6 is 11.5 Å². The van der Waals surface area contributed by atoms with Gasteiger partial charge in [0.1, 0.15) is 5.00 Å². The minimum Gasteiger partial charge on any atom is -0.372 e. The van der Waals surface area contributed by atoms with Gasteiger partial charge in [-0.05, 0) is 57.6 Å². The number of rotatable bonds is 3. The summed E-state index contributed by atoms with van der Waals surface area (Å²) in [6.45, 7) is 6.00. The molecule has 0 radical (unpaired) electrons. The molecule has 0 aliphatic carbocycles. The molecular weight excluding hydrogens is 258 g/mol. The number of ketones is 1. The highest BCUT2D eigenvalue weighted by Crippen LogP contribution is 2.31. The van der Waals surface area contributed by atoms with Crippen molar-refractivity contribution >= 4 is 22.3 Å². The van der Waals surface area contributed by atoms with Gasteiger partial charge in [0.25, 0.3) is 0 Å². The molecule has 0 bridgehead atoms. The van der Waals surface area contributed by atoms with Crippen LogP contribution in [0.5, 0.6) is 0 Å². The summed E-state index contributed by atoms with van der Waals surface area (Å²) in [5, 5.41) is 4.55. The molecule has 3 heterocycles. The zero-order valence-corrected chi connectivity index (χ0v) is 12.4. The Balaban J connectivity index is 1.70. The van der Waals surface area contributed by atoms with Gasteiger partial charge in [-0.2, -0.15) is 4.37 Å². The van der Waals surface area contributed by atoms with Gasteiger partial charge in [-0.1, -0.05) is 0 Å². The lowest BCUT2D eigenvalue weighted by Gasteiger charge is -2.35. The summed E-state index contributed by atoms with van der Waals surface area (Å²) in [7, 11) is 0. The Morgan fingerprint density at radius 3 is 3.05 bits per heavy atom. The zero-order valence-electron chi connectivity index (χ0n) is 11.6. The molecular formula is C14H21N3OS. The van der Waals surface area contributed by atoms with E-state index in [1.165, 1.54) is 50.3 Å².